The topological polar surface area (TPSA) is 85.2 Å². The maximum absolute atomic E-state index is 12.0. The molecule has 106 valence electrons. The Morgan fingerprint density at radius 3 is 2.39 bits per heavy atom. The van der Waals surface area contributed by atoms with Crippen molar-refractivity contribution >= 4 is 11.7 Å². The highest BCUT2D eigenvalue weighted by atomic mass is 19.1. The van der Waals surface area contributed by atoms with Crippen LogP contribution in [0.3, 0.4) is 0 Å². The number of amides is 1. The quantitative estimate of drug-likeness (QED) is 0.859. The number of carbonyl (C=O) groups is 1. The highest BCUT2D eigenvalue weighted by Gasteiger charge is 2.15. The molecule has 0 bridgehead atoms. The Morgan fingerprint density at radius 2 is 2.17 bits per heavy atom. The van der Waals surface area contributed by atoms with Crippen molar-refractivity contribution < 1.29 is 12.0 Å². The predicted octanol–water partition coefficient (Wildman–Crippen LogP) is 1.50. The number of likely N-dealkylation sites (N-methyl/N-ethyl adjacent to an activating group) is 1. The number of anilines is 1. The summed E-state index contributed by atoms with van der Waals surface area (Å²) in [7, 11) is 3.73. The van der Waals surface area contributed by atoms with Crippen LogP contribution in [0.1, 0.15) is 22.6 Å². The van der Waals surface area contributed by atoms with Crippen LogP contribution in [-0.2, 0) is 4.79 Å². The SMILES string of the molecule is CCCC(C(N)=O)N(C)C.Nc1ccc(F)cn1.[HH].[HH]. The van der Waals surface area contributed by atoms with Crippen LogP contribution in [0.4, 0.5) is 10.2 Å². The molecule has 0 aromatic carbocycles. The van der Waals surface area contributed by atoms with Crippen molar-refractivity contribution in [2.75, 3.05) is 19.8 Å². The van der Waals surface area contributed by atoms with Gasteiger partial charge in [-0.05, 0) is 32.6 Å². The number of primary amides is 1. The first-order chi connectivity index (χ1) is 8.38. The summed E-state index contributed by atoms with van der Waals surface area (Å²) in [5.41, 5.74) is 10.3. The van der Waals surface area contributed by atoms with E-state index in [0.717, 1.165) is 19.0 Å². The van der Waals surface area contributed by atoms with Gasteiger partial charge in [-0.2, -0.15) is 0 Å². The molecule has 0 aliphatic rings. The molecule has 18 heavy (non-hydrogen) atoms. The van der Waals surface area contributed by atoms with Crippen LogP contribution in [0.2, 0.25) is 0 Å². The van der Waals surface area contributed by atoms with Crippen LogP contribution in [0, 0.1) is 5.82 Å². The lowest BCUT2D eigenvalue weighted by Crippen LogP contribution is -2.40. The Morgan fingerprint density at radius 1 is 1.56 bits per heavy atom. The first-order valence-corrected chi connectivity index (χ1v) is 5.71. The molecule has 0 aliphatic heterocycles. The molecule has 6 heteroatoms. The van der Waals surface area contributed by atoms with Gasteiger partial charge in [0.05, 0.1) is 12.2 Å². The average molecular weight is 260 g/mol. The minimum absolute atomic E-state index is 0. The largest absolute Gasteiger partial charge is 0.384 e. The number of rotatable bonds is 4. The van der Waals surface area contributed by atoms with Crippen molar-refractivity contribution in [1.82, 2.24) is 9.88 Å². The number of nitrogen functional groups attached to an aromatic ring is 1. The van der Waals surface area contributed by atoms with E-state index >= 15 is 0 Å². The first-order valence-electron chi connectivity index (χ1n) is 5.71. The van der Waals surface area contributed by atoms with Gasteiger partial charge in [-0.1, -0.05) is 13.3 Å². The molecule has 1 amide bonds. The number of nitrogens with two attached hydrogens (primary N) is 2. The Hall–Kier alpha value is -1.69. The molecule has 4 N–H and O–H groups in total. The maximum Gasteiger partial charge on any atom is 0.234 e. The molecule has 0 saturated carbocycles. The summed E-state index contributed by atoms with van der Waals surface area (Å²) >= 11 is 0. The van der Waals surface area contributed by atoms with Crippen molar-refractivity contribution in [1.29, 1.82) is 0 Å². The smallest absolute Gasteiger partial charge is 0.234 e. The van der Waals surface area contributed by atoms with Gasteiger partial charge in [-0.15, -0.1) is 0 Å². The van der Waals surface area contributed by atoms with E-state index < -0.39 is 0 Å². The normalized spacial score (nSPS) is 11.6. The number of hydrogen-bond acceptors (Lipinski definition) is 4. The van der Waals surface area contributed by atoms with Gasteiger partial charge in [0.2, 0.25) is 5.91 Å². The fourth-order valence-corrected chi connectivity index (χ4v) is 1.32. The molecule has 5 nitrogen and oxygen atoms in total. The molecule has 1 aromatic heterocycles. The van der Waals surface area contributed by atoms with Crippen molar-refractivity contribution in [3.05, 3.63) is 24.1 Å². The summed E-state index contributed by atoms with van der Waals surface area (Å²) < 4.78 is 12.0. The van der Waals surface area contributed by atoms with Gasteiger partial charge in [0.1, 0.15) is 11.6 Å². The fourth-order valence-electron chi connectivity index (χ4n) is 1.32. The highest BCUT2D eigenvalue weighted by molar-refractivity contribution is 5.79. The van der Waals surface area contributed by atoms with Crippen LogP contribution in [0.25, 0.3) is 0 Å². The van der Waals surface area contributed by atoms with E-state index in [9.17, 15) is 9.18 Å². The Balaban J connectivity index is -0.000000266. The lowest BCUT2D eigenvalue weighted by atomic mass is 10.1. The summed E-state index contributed by atoms with van der Waals surface area (Å²) in [4.78, 5) is 16.0. The Kier molecular flexibility index (Phi) is 7.62. The molecule has 1 atom stereocenters. The number of halogens is 1. The van der Waals surface area contributed by atoms with Crippen LogP contribution < -0.4 is 11.5 Å². The summed E-state index contributed by atoms with van der Waals surface area (Å²) in [6.07, 6.45) is 2.92. The van der Waals surface area contributed by atoms with E-state index in [1.165, 1.54) is 12.1 Å². The van der Waals surface area contributed by atoms with E-state index in [0.29, 0.717) is 5.82 Å². The number of pyridine rings is 1. The zero-order valence-electron chi connectivity index (χ0n) is 11.1. The van der Waals surface area contributed by atoms with Gasteiger partial charge in [0, 0.05) is 2.85 Å². The number of nitrogens with zero attached hydrogens (tertiary/aromatic N) is 2. The second-order valence-electron chi connectivity index (χ2n) is 4.07. The Labute approximate surface area is 110 Å². The second-order valence-corrected chi connectivity index (χ2v) is 4.07. The molecule has 1 aromatic rings. The standard InChI is InChI=1S/C7H16N2O.C5H5FN2.2H2/c1-4-5-6(7(8)10)9(2)3;6-4-1-2-5(7)8-3-4;;/h6H,4-5H2,1-3H3,(H2,8,10);1-3H,(H2,7,8);2*1H. The number of hydrogen-bond donors (Lipinski definition) is 2. The molecule has 1 rings (SSSR count). The van der Waals surface area contributed by atoms with Gasteiger partial charge >= 0.3 is 0 Å². The number of aromatic nitrogens is 1. The minimum Gasteiger partial charge on any atom is -0.384 e. The van der Waals surface area contributed by atoms with Crippen molar-refractivity contribution in [3.63, 3.8) is 0 Å². The van der Waals surface area contributed by atoms with Crippen molar-refractivity contribution in [2.45, 2.75) is 25.8 Å². The summed E-state index contributed by atoms with van der Waals surface area (Å²) in [5, 5.41) is 0. The van der Waals surface area contributed by atoms with Crippen molar-refractivity contribution in [3.8, 4) is 0 Å². The first kappa shape index (κ1) is 16.3. The van der Waals surface area contributed by atoms with Gasteiger partial charge < -0.3 is 11.5 Å². The molecule has 0 spiro atoms. The minimum atomic E-state index is -0.362. The monoisotopic (exact) mass is 260 g/mol. The zero-order valence-corrected chi connectivity index (χ0v) is 11.1. The van der Waals surface area contributed by atoms with Crippen LogP contribution in [0.15, 0.2) is 18.3 Å². The molecule has 0 radical (unpaired) electrons. The van der Waals surface area contributed by atoms with E-state index in [1.54, 1.807) is 0 Å². The summed E-state index contributed by atoms with van der Waals surface area (Å²) in [6, 6.07) is 2.59. The van der Waals surface area contributed by atoms with Gasteiger partial charge in [0.15, 0.2) is 0 Å². The van der Waals surface area contributed by atoms with E-state index in [1.807, 2.05) is 25.9 Å². The molecular weight excluding hydrogens is 235 g/mol. The second kappa shape index (κ2) is 8.41. The van der Waals surface area contributed by atoms with Gasteiger partial charge in [-0.25, -0.2) is 9.37 Å². The van der Waals surface area contributed by atoms with Crippen molar-refractivity contribution in [2.24, 2.45) is 5.73 Å². The molecule has 0 fully saturated rings. The third-order valence-corrected chi connectivity index (χ3v) is 2.26. The third-order valence-electron chi connectivity index (χ3n) is 2.26. The molecule has 1 unspecified atom stereocenters. The molecule has 0 saturated heterocycles. The molecule has 0 aliphatic carbocycles. The predicted molar refractivity (Wildman–Crippen MR) is 74.4 cm³/mol. The van der Waals surface area contributed by atoms with E-state index in [4.69, 9.17) is 11.5 Å². The van der Waals surface area contributed by atoms with E-state index in [-0.39, 0.29) is 20.6 Å². The maximum atomic E-state index is 12.0. The van der Waals surface area contributed by atoms with Crippen LogP contribution in [-0.4, -0.2) is 35.9 Å². The average Bonchev–Trinajstić information content (AvgIpc) is 2.30. The zero-order chi connectivity index (χ0) is 14.1. The third kappa shape index (κ3) is 6.80. The van der Waals surface area contributed by atoms with Crippen LogP contribution in [0.5, 0.6) is 0 Å². The van der Waals surface area contributed by atoms with Gasteiger partial charge in [-0.3, -0.25) is 9.69 Å². The van der Waals surface area contributed by atoms with Gasteiger partial charge in [0.25, 0.3) is 0 Å². The fraction of sp³-hybridized carbons (Fsp3) is 0.500. The number of carbonyl (C=O) groups excluding carboxylic acids is 1. The molecular formula is C12H25FN4O. The summed E-state index contributed by atoms with van der Waals surface area (Å²) in [5.74, 6) is -0.252. The lowest BCUT2D eigenvalue weighted by Gasteiger charge is -2.19. The Bertz CT molecular complexity index is 342. The van der Waals surface area contributed by atoms with E-state index in [2.05, 4.69) is 4.98 Å². The summed E-state index contributed by atoms with van der Waals surface area (Å²) in [6.45, 7) is 2.04. The highest BCUT2D eigenvalue weighted by Crippen LogP contribution is 2.01. The molecule has 1 heterocycles. The van der Waals surface area contributed by atoms with Crippen LogP contribution >= 0.6 is 0 Å². The lowest BCUT2D eigenvalue weighted by molar-refractivity contribution is -0.122.